The number of hydrogen-bond donors (Lipinski definition) is 2. The maximum Gasteiger partial charge on any atom is 0.220 e. The summed E-state index contributed by atoms with van der Waals surface area (Å²) < 4.78 is 17.1. The first kappa shape index (κ1) is 8.29. The fourth-order valence-electron chi connectivity index (χ4n) is 1.90. The number of rotatable bonds is 1. The average molecular weight is 208 g/mol. The predicted octanol–water partition coefficient (Wildman–Crippen LogP) is 2.29. The second kappa shape index (κ2) is 2.73. The molecule has 3 nitrogen and oxygen atoms in total. The molecule has 1 aliphatic carbocycles. The van der Waals surface area contributed by atoms with Crippen LogP contribution in [0.1, 0.15) is 29.9 Å². The molecule has 1 aliphatic heterocycles. The second-order valence-corrected chi connectivity index (χ2v) is 4.95. The third kappa shape index (κ3) is 1.21. The van der Waals surface area contributed by atoms with E-state index in [9.17, 15) is 4.21 Å². The van der Waals surface area contributed by atoms with Gasteiger partial charge in [-0.25, -0.2) is 4.21 Å². The molecule has 1 fully saturated rings. The molecule has 1 aromatic rings. The van der Waals surface area contributed by atoms with Gasteiger partial charge in [0.1, 0.15) is 0 Å². The molecule has 0 bridgehead atoms. The van der Waals surface area contributed by atoms with E-state index in [1.165, 1.54) is 24.0 Å². The molecule has 2 aliphatic rings. The van der Waals surface area contributed by atoms with Crippen LogP contribution < -0.4 is 9.44 Å². The molecule has 1 unspecified atom stereocenters. The van der Waals surface area contributed by atoms with Crippen molar-refractivity contribution >= 4 is 22.5 Å². The minimum atomic E-state index is -1.13. The molecule has 1 saturated carbocycles. The monoisotopic (exact) mass is 208 g/mol. The summed E-state index contributed by atoms with van der Waals surface area (Å²) in [6, 6.07) is 4.32. The van der Waals surface area contributed by atoms with E-state index in [1.807, 2.05) is 0 Å². The van der Waals surface area contributed by atoms with Gasteiger partial charge in [0, 0.05) is 0 Å². The van der Waals surface area contributed by atoms with E-state index in [0.29, 0.717) is 0 Å². The van der Waals surface area contributed by atoms with Gasteiger partial charge in [0.2, 0.25) is 11.2 Å². The summed E-state index contributed by atoms with van der Waals surface area (Å²) in [5.74, 6) is 0.745. The largest absolute Gasteiger partial charge is 0.286 e. The zero-order chi connectivity index (χ0) is 9.71. The first-order valence-corrected chi connectivity index (χ1v) is 5.98. The van der Waals surface area contributed by atoms with Crippen molar-refractivity contribution in [2.75, 3.05) is 9.44 Å². The smallest absolute Gasteiger partial charge is 0.220 e. The van der Waals surface area contributed by atoms with Gasteiger partial charge in [0.05, 0.1) is 11.4 Å². The van der Waals surface area contributed by atoms with Crippen LogP contribution in [0.3, 0.4) is 0 Å². The fraction of sp³-hybridized carbons (Fsp3) is 0.400. The number of benzene rings is 1. The molecule has 0 amide bonds. The van der Waals surface area contributed by atoms with E-state index >= 15 is 0 Å². The van der Waals surface area contributed by atoms with Gasteiger partial charge in [-0.15, -0.1) is 0 Å². The zero-order valence-electron chi connectivity index (χ0n) is 7.96. The lowest BCUT2D eigenvalue weighted by Gasteiger charge is -2.05. The minimum Gasteiger partial charge on any atom is -0.286 e. The van der Waals surface area contributed by atoms with Crippen LogP contribution in [0, 0.1) is 6.92 Å². The number of hydrogen-bond acceptors (Lipinski definition) is 1. The molecule has 1 heterocycles. The van der Waals surface area contributed by atoms with Crippen molar-refractivity contribution in [1.29, 1.82) is 0 Å². The van der Waals surface area contributed by atoms with Crippen LogP contribution in [-0.2, 0) is 11.2 Å². The van der Waals surface area contributed by atoms with Crippen LogP contribution >= 0.6 is 0 Å². The Labute approximate surface area is 85.6 Å². The third-order valence-electron chi connectivity index (χ3n) is 2.80. The van der Waals surface area contributed by atoms with E-state index in [1.54, 1.807) is 0 Å². The third-order valence-corrected chi connectivity index (χ3v) is 3.60. The van der Waals surface area contributed by atoms with E-state index in [4.69, 9.17) is 0 Å². The first-order valence-electron chi connectivity index (χ1n) is 4.83. The van der Waals surface area contributed by atoms with E-state index < -0.39 is 11.2 Å². The van der Waals surface area contributed by atoms with Crippen molar-refractivity contribution in [2.24, 2.45) is 0 Å². The average Bonchev–Trinajstić information content (AvgIpc) is 2.89. The molecule has 0 saturated heterocycles. The summed E-state index contributed by atoms with van der Waals surface area (Å²) >= 11 is -1.13. The van der Waals surface area contributed by atoms with Crippen LogP contribution in [0.5, 0.6) is 0 Å². The summed E-state index contributed by atoms with van der Waals surface area (Å²) in [5.41, 5.74) is 4.55. The van der Waals surface area contributed by atoms with Crippen molar-refractivity contribution in [3.8, 4) is 0 Å². The summed E-state index contributed by atoms with van der Waals surface area (Å²) in [5, 5.41) is 0. The van der Waals surface area contributed by atoms with Gasteiger partial charge < -0.3 is 0 Å². The zero-order valence-corrected chi connectivity index (χ0v) is 8.78. The lowest BCUT2D eigenvalue weighted by Crippen LogP contribution is -2.02. The first-order chi connectivity index (χ1) is 6.74. The molecular formula is C10H12N2OS. The highest BCUT2D eigenvalue weighted by Crippen LogP contribution is 2.44. The summed E-state index contributed by atoms with van der Waals surface area (Å²) in [6.45, 7) is 2.06. The number of anilines is 2. The second-order valence-electron chi connectivity index (χ2n) is 4.01. The minimum absolute atomic E-state index is 0.745. The number of nitrogens with one attached hydrogen (secondary N) is 2. The van der Waals surface area contributed by atoms with Crippen molar-refractivity contribution in [3.63, 3.8) is 0 Å². The van der Waals surface area contributed by atoms with Gasteiger partial charge in [-0.3, -0.25) is 9.44 Å². The topological polar surface area (TPSA) is 41.1 Å². The normalized spacial score (nSPS) is 23.9. The van der Waals surface area contributed by atoms with Crippen molar-refractivity contribution in [1.82, 2.24) is 0 Å². The van der Waals surface area contributed by atoms with Gasteiger partial charge in [-0.05, 0) is 42.9 Å². The molecule has 1 atom stereocenters. The number of fused-ring (bicyclic) bond motifs is 1. The van der Waals surface area contributed by atoms with Crippen molar-refractivity contribution < 1.29 is 4.21 Å². The Morgan fingerprint density at radius 1 is 1.36 bits per heavy atom. The molecule has 0 radical (unpaired) electrons. The van der Waals surface area contributed by atoms with Crippen LogP contribution in [0.15, 0.2) is 12.1 Å². The lowest BCUT2D eigenvalue weighted by atomic mass is 10.0. The maximum atomic E-state index is 11.2. The summed E-state index contributed by atoms with van der Waals surface area (Å²) in [4.78, 5) is 0. The van der Waals surface area contributed by atoms with Gasteiger partial charge in [-0.1, -0.05) is 6.07 Å². The van der Waals surface area contributed by atoms with Gasteiger partial charge in [0.25, 0.3) is 0 Å². The summed E-state index contributed by atoms with van der Waals surface area (Å²) in [6.07, 6.45) is 2.60. The highest BCUT2D eigenvalue weighted by atomic mass is 32.2. The SMILES string of the molecule is Cc1cc(C2CC2)cc2c1NS(=O)N2. The Hall–Kier alpha value is -1.03. The summed E-state index contributed by atoms with van der Waals surface area (Å²) in [7, 11) is 0. The highest BCUT2D eigenvalue weighted by molar-refractivity contribution is 7.88. The molecule has 74 valence electrons. The van der Waals surface area contributed by atoms with Gasteiger partial charge >= 0.3 is 0 Å². The number of aryl methyl sites for hydroxylation is 1. The maximum absolute atomic E-state index is 11.2. The molecule has 3 rings (SSSR count). The molecule has 4 heteroatoms. The van der Waals surface area contributed by atoms with Crippen molar-refractivity contribution in [3.05, 3.63) is 23.3 Å². The van der Waals surface area contributed by atoms with Gasteiger partial charge in [0.15, 0.2) is 0 Å². The van der Waals surface area contributed by atoms with E-state index in [2.05, 4.69) is 28.5 Å². The standard InChI is InChI=1S/C10H12N2OS/c1-6-4-8(7-2-3-7)5-9-10(6)12-14(13)11-9/h4-5,7,11-12H,2-3H2,1H3. The molecule has 1 aromatic carbocycles. The van der Waals surface area contributed by atoms with Crippen molar-refractivity contribution in [2.45, 2.75) is 25.7 Å². The molecular weight excluding hydrogens is 196 g/mol. The van der Waals surface area contributed by atoms with Crippen LogP contribution in [0.25, 0.3) is 0 Å². The Kier molecular flexibility index (Phi) is 1.62. The molecule has 2 N–H and O–H groups in total. The highest BCUT2D eigenvalue weighted by Gasteiger charge is 2.26. The van der Waals surface area contributed by atoms with E-state index in [-0.39, 0.29) is 0 Å². The van der Waals surface area contributed by atoms with E-state index in [0.717, 1.165) is 17.3 Å². The van der Waals surface area contributed by atoms with Crippen LogP contribution in [-0.4, -0.2) is 4.21 Å². The van der Waals surface area contributed by atoms with Gasteiger partial charge in [-0.2, -0.15) is 0 Å². The van der Waals surface area contributed by atoms with Crippen LogP contribution in [0.4, 0.5) is 11.4 Å². The fourth-order valence-corrected chi connectivity index (χ4v) is 2.77. The molecule has 14 heavy (non-hydrogen) atoms. The Morgan fingerprint density at radius 2 is 2.14 bits per heavy atom. The lowest BCUT2D eigenvalue weighted by molar-refractivity contribution is 0.690. The Morgan fingerprint density at radius 3 is 2.86 bits per heavy atom. The predicted molar refractivity (Wildman–Crippen MR) is 58.5 cm³/mol. The molecule has 0 aromatic heterocycles. The molecule has 0 spiro atoms. The Bertz CT molecular complexity index is 426. The van der Waals surface area contributed by atoms with Crippen LogP contribution in [0.2, 0.25) is 0 Å². The quantitative estimate of drug-likeness (QED) is 0.730. The Balaban J connectivity index is 2.10.